The Morgan fingerprint density at radius 2 is 1.64 bits per heavy atom. The third kappa shape index (κ3) is 4.62. The SMILES string of the molecule is COc1ccc(-c2cc(NC(=O)c3ccc(F)cc3)ccc2OC(F)F)cc1. The molecule has 0 fully saturated rings. The topological polar surface area (TPSA) is 47.6 Å². The molecule has 3 aromatic rings. The van der Waals surface area contributed by atoms with Gasteiger partial charge in [0.15, 0.2) is 0 Å². The van der Waals surface area contributed by atoms with E-state index in [4.69, 9.17) is 4.74 Å². The summed E-state index contributed by atoms with van der Waals surface area (Å²) in [5.41, 5.74) is 1.62. The van der Waals surface area contributed by atoms with Gasteiger partial charge < -0.3 is 14.8 Å². The van der Waals surface area contributed by atoms with Crippen molar-refractivity contribution in [2.45, 2.75) is 6.61 Å². The molecule has 0 aliphatic heterocycles. The summed E-state index contributed by atoms with van der Waals surface area (Å²) in [7, 11) is 1.52. The third-order valence-corrected chi connectivity index (χ3v) is 3.96. The summed E-state index contributed by atoms with van der Waals surface area (Å²) in [4.78, 5) is 12.3. The quantitative estimate of drug-likeness (QED) is 0.620. The molecule has 3 aromatic carbocycles. The van der Waals surface area contributed by atoms with Gasteiger partial charge in [-0.15, -0.1) is 0 Å². The normalized spacial score (nSPS) is 10.6. The first-order valence-corrected chi connectivity index (χ1v) is 8.26. The van der Waals surface area contributed by atoms with Gasteiger partial charge in [0.05, 0.1) is 7.11 Å². The number of carbonyl (C=O) groups is 1. The van der Waals surface area contributed by atoms with Crippen molar-refractivity contribution < 1.29 is 27.4 Å². The minimum atomic E-state index is -2.99. The number of hydrogen-bond acceptors (Lipinski definition) is 3. The van der Waals surface area contributed by atoms with Crippen LogP contribution in [0.15, 0.2) is 66.7 Å². The van der Waals surface area contributed by atoms with E-state index in [2.05, 4.69) is 10.1 Å². The van der Waals surface area contributed by atoms with Crippen LogP contribution in [-0.4, -0.2) is 19.6 Å². The fraction of sp³-hybridized carbons (Fsp3) is 0.0952. The van der Waals surface area contributed by atoms with Crippen molar-refractivity contribution in [3.05, 3.63) is 78.1 Å². The molecule has 1 amide bonds. The minimum absolute atomic E-state index is 0.0278. The van der Waals surface area contributed by atoms with E-state index in [1.807, 2.05) is 0 Å². The summed E-state index contributed by atoms with van der Waals surface area (Å²) < 4.78 is 48.2. The zero-order valence-corrected chi connectivity index (χ0v) is 14.8. The molecule has 0 bridgehead atoms. The molecule has 3 rings (SSSR count). The van der Waals surface area contributed by atoms with Crippen molar-refractivity contribution in [3.63, 3.8) is 0 Å². The first-order valence-electron chi connectivity index (χ1n) is 8.26. The van der Waals surface area contributed by atoms with Gasteiger partial charge in [-0.1, -0.05) is 12.1 Å². The van der Waals surface area contributed by atoms with Crippen LogP contribution in [0.25, 0.3) is 11.1 Å². The molecule has 7 heteroatoms. The predicted molar refractivity (Wildman–Crippen MR) is 99.4 cm³/mol. The Labute approximate surface area is 159 Å². The van der Waals surface area contributed by atoms with Gasteiger partial charge in [0.1, 0.15) is 17.3 Å². The molecule has 0 saturated heterocycles. The number of carbonyl (C=O) groups excluding carboxylic acids is 1. The molecule has 1 N–H and O–H groups in total. The molecule has 0 atom stereocenters. The zero-order valence-electron chi connectivity index (χ0n) is 14.8. The van der Waals surface area contributed by atoms with E-state index < -0.39 is 18.3 Å². The van der Waals surface area contributed by atoms with Crippen molar-refractivity contribution in [1.29, 1.82) is 0 Å². The highest BCUT2D eigenvalue weighted by Gasteiger charge is 2.14. The van der Waals surface area contributed by atoms with E-state index in [1.54, 1.807) is 24.3 Å². The molecule has 0 spiro atoms. The number of rotatable bonds is 6. The Hall–Kier alpha value is -3.48. The van der Waals surface area contributed by atoms with Gasteiger partial charge in [0.25, 0.3) is 5.91 Å². The molecule has 0 unspecified atom stereocenters. The maximum atomic E-state index is 13.0. The lowest BCUT2D eigenvalue weighted by Crippen LogP contribution is -2.12. The lowest BCUT2D eigenvalue weighted by molar-refractivity contribution is -0.0494. The number of hydrogen-bond donors (Lipinski definition) is 1. The first kappa shape index (κ1) is 19.3. The van der Waals surface area contributed by atoms with Crippen molar-refractivity contribution in [2.75, 3.05) is 12.4 Å². The fourth-order valence-electron chi connectivity index (χ4n) is 2.61. The number of alkyl halides is 2. The molecule has 0 saturated carbocycles. The molecular formula is C21H16F3NO3. The lowest BCUT2D eigenvalue weighted by atomic mass is 10.0. The Morgan fingerprint density at radius 1 is 0.964 bits per heavy atom. The van der Waals surface area contributed by atoms with Crippen LogP contribution < -0.4 is 14.8 Å². The van der Waals surface area contributed by atoms with E-state index >= 15 is 0 Å². The van der Waals surface area contributed by atoms with Gasteiger partial charge in [-0.25, -0.2) is 4.39 Å². The summed E-state index contributed by atoms with van der Waals surface area (Å²) >= 11 is 0. The highest BCUT2D eigenvalue weighted by atomic mass is 19.3. The van der Waals surface area contributed by atoms with E-state index in [-0.39, 0.29) is 11.3 Å². The summed E-state index contributed by atoms with van der Waals surface area (Å²) in [6.07, 6.45) is 0. The Morgan fingerprint density at radius 3 is 2.25 bits per heavy atom. The van der Waals surface area contributed by atoms with Crippen molar-refractivity contribution in [1.82, 2.24) is 0 Å². The van der Waals surface area contributed by atoms with Crippen LogP contribution in [0.1, 0.15) is 10.4 Å². The third-order valence-electron chi connectivity index (χ3n) is 3.96. The first-order chi connectivity index (χ1) is 13.5. The van der Waals surface area contributed by atoms with Gasteiger partial charge in [0.2, 0.25) is 0 Å². The molecule has 144 valence electrons. The van der Waals surface area contributed by atoms with Gasteiger partial charge in [0, 0.05) is 16.8 Å². The smallest absolute Gasteiger partial charge is 0.387 e. The van der Waals surface area contributed by atoms with Crippen LogP contribution in [0.3, 0.4) is 0 Å². The van der Waals surface area contributed by atoms with E-state index in [1.165, 1.54) is 49.6 Å². The van der Waals surface area contributed by atoms with Crippen LogP contribution >= 0.6 is 0 Å². The Bertz CT molecular complexity index is 958. The Kier molecular flexibility index (Phi) is 5.84. The van der Waals surface area contributed by atoms with Gasteiger partial charge in [-0.05, 0) is 60.2 Å². The second kappa shape index (κ2) is 8.47. The molecule has 0 radical (unpaired) electrons. The average Bonchev–Trinajstić information content (AvgIpc) is 2.69. The molecule has 28 heavy (non-hydrogen) atoms. The van der Waals surface area contributed by atoms with E-state index in [9.17, 15) is 18.0 Å². The number of amides is 1. The standard InChI is InChI=1S/C21H16F3NO3/c1-27-17-9-4-13(5-10-17)18-12-16(8-11-19(18)28-21(23)24)25-20(26)14-2-6-15(22)7-3-14/h2-12,21H,1H3,(H,25,26). The maximum absolute atomic E-state index is 13.0. The van der Waals surface area contributed by atoms with Crippen LogP contribution in [0.2, 0.25) is 0 Å². The van der Waals surface area contributed by atoms with Gasteiger partial charge >= 0.3 is 6.61 Å². The second-order valence-electron chi connectivity index (χ2n) is 5.78. The minimum Gasteiger partial charge on any atom is -0.497 e. The largest absolute Gasteiger partial charge is 0.497 e. The Balaban J connectivity index is 1.92. The number of ether oxygens (including phenoxy) is 2. The molecule has 0 aliphatic carbocycles. The summed E-state index contributed by atoms with van der Waals surface area (Å²) in [5, 5.41) is 2.66. The molecule has 0 aliphatic rings. The summed E-state index contributed by atoms with van der Waals surface area (Å²) in [6.45, 7) is -2.99. The van der Waals surface area contributed by atoms with Crippen LogP contribution in [0.5, 0.6) is 11.5 Å². The monoisotopic (exact) mass is 387 g/mol. The second-order valence-corrected chi connectivity index (χ2v) is 5.78. The predicted octanol–water partition coefficient (Wildman–Crippen LogP) is 5.36. The van der Waals surface area contributed by atoms with E-state index in [0.717, 1.165) is 0 Å². The van der Waals surface area contributed by atoms with Crippen molar-refractivity contribution >= 4 is 11.6 Å². The molecule has 0 aromatic heterocycles. The number of methoxy groups -OCH3 is 1. The fourth-order valence-corrected chi connectivity index (χ4v) is 2.61. The molecule has 0 heterocycles. The number of anilines is 1. The van der Waals surface area contributed by atoms with Crippen LogP contribution in [-0.2, 0) is 0 Å². The number of benzene rings is 3. The van der Waals surface area contributed by atoms with Crippen molar-refractivity contribution in [2.24, 2.45) is 0 Å². The van der Waals surface area contributed by atoms with Gasteiger partial charge in [-0.2, -0.15) is 8.78 Å². The van der Waals surface area contributed by atoms with E-state index in [0.29, 0.717) is 22.6 Å². The molecule has 4 nitrogen and oxygen atoms in total. The lowest BCUT2D eigenvalue weighted by Gasteiger charge is -2.14. The highest BCUT2D eigenvalue weighted by Crippen LogP contribution is 2.34. The summed E-state index contributed by atoms with van der Waals surface area (Å²) in [6, 6.07) is 16.1. The van der Waals surface area contributed by atoms with Crippen LogP contribution in [0.4, 0.5) is 18.9 Å². The highest BCUT2D eigenvalue weighted by molar-refractivity contribution is 6.04. The van der Waals surface area contributed by atoms with Gasteiger partial charge in [-0.3, -0.25) is 4.79 Å². The zero-order chi connectivity index (χ0) is 20.1. The van der Waals surface area contributed by atoms with Crippen molar-refractivity contribution in [3.8, 4) is 22.6 Å². The van der Waals surface area contributed by atoms with Crippen LogP contribution in [0, 0.1) is 5.82 Å². The number of halogens is 3. The molecular weight excluding hydrogens is 371 g/mol. The maximum Gasteiger partial charge on any atom is 0.387 e. The summed E-state index contributed by atoms with van der Waals surface area (Å²) in [5.74, 6) is -0.323. The average molecular weight is 387 g/mol. The number of nitrogens with one attached hydrogen (secondary N) is 1.